The lowest BCUT2D eigenvalue weighted by atomic mass is 10.0. The number of carbonyl (C=O) groups excluding carboxylic acids is 1. The Morgan fingerprint density at radius 1 is 1.00 bits per heavy atom. The van der Waals surface area contributed by atoms with Crippen LogP contribution in [0.2, 0.25) is 0 Å². The van der Waals surface area contributed by atoms with Crippen molar-refractivity contribution in [2.45, 2.75) is 31.6 Å². The van der Waals surface area contributed by atoms with Crippen LogP contribution in [0.3, 0.4) is 0 Å². The van der Waals surface area contributed by atoms with Crippen LogP contribution in [0.5, 0.6) is 0 Å². The first-order valence-electron chi connectivity index (χ1n) is 9.33. The number of hydrogen-bond donors (Lipinski definition) is 2. The van der Waals surface area contributed by atoms with E-state index in [1.54, 1.807) is 48.8 Å². The van der Waals surface area contributed by atoms with Crippen molar-refractivity contribution in [3.63, 3.8) is 0 Å². The number of anilines is 2. The fraction of sp³-hybridized carbons (Fsp3) is 0.182. The molecule has 2 aromatic carbocycles. The van der Waals surface area contributed by atoms with Gasteiger partial charge in [0.15, 0.2) is 0 Å². The number of nitrogens with zero attached hydrogens (tertiary/aromatic N) is 1. The van der Waals surface area contributed by atoms with Gasteiger partial charge in [-0.05, 0) is 48.7 Å². The van der Waals surface area contributed by atoms with Gasteiger partial charge in [-0.3, -0.25) is 14.5 Å². The third-order valence-electron chi connectivity index (χ3n) is 4.37. The van der Waals surface area contributed by atoms with Crippen LogP contribution in [0.25, 0.3) is 11.1 Å². The maximum Gasteiger partial charge on any atom is 0.261 e. The van der Waals surface area contributed by atoms with E-state index in [0.717, 1.165) is 23.1 Å². The van der Waals surface area contributed by atoms with E-state index >= 15 is 0 Å². The molecule has 1 amide bonds. The molecular formula is C22H23N3O3S. The molecular weight excluding hydrogens is 386 g/mol. The SMILES string of the molecule is CCCC(=O)Nc1cncc(-c2ccc(C)c(NS(=O)(=O)c3ccccc3)c2)c1. The molecule has 1 aromatic heterocycles. The van der Waals surface area contributed by atoms with Crippen LogP contribution in [-0.2, 0) is 14.8 Å². The predicted molar refractivity (Wildman–Crippen MR) is 115 cm³/mol. The summed E-state index contributed by atoms with van der Waals surface area (Å²) in [6.45, 7) is 3.78. The highest BCUT2D eigenvalue weighted by molar-refractivity contribution is 7.92. The number of pyridine rings is 1. The van der Waals surface area contributed by atoms with Crippen LogP contribution in [0.4, 0.5) is 11.4 Å². The molecule has 0 bridgehead atoms. The molecule has 3 rings (SSSR count). The smallest absolute Gasteiger partial charge is 0.261 e. The van der Waals surface area contributed by atoms with Crippen molar-refractivity contribution in [2.24, 2.45) is 0 Å². The Labute approximate surface area is 171 Å². The van der Waals surface area contributed by atoms with Crippen molar-refractivity contribution >= 4 is 27.3 Å². The minimum absolute atomic E-state index is 0.0633. The van der Waals surface area contributed by atoms with Gasteiger partial charge in [0.05, 0.1) is 22.5 Å². The summed E-state index contributed by atoms with van der Waals surface area (Å²) < 4.78 is 28.0. The van der Waals surface area contributed by atoms with Crippen LogP contribution in [0, 0.1) is 6.92 Å². The summed E-state index contributed by atoms with van der Waals surface area (Å²) in [5.74, 6) is -0.0633. The molecule has 0 aliphatic rings. The standard InChI is InChI=1S/C22H23N3O3S/c1-3-7-22(26)24-19-12-18(14-23-15-19)17-11-10-16(2)21(13-17)25-29(27,28)20-8-5-4-6-9-20/h4-6,8-15,25H,3,7H2,1-2H3,(H,24,26). The van der Waals surface area contributed by atoms with Crippen LogP contribution in [0.1, 0.15) is 25.3 Å². The molecule has 0 unspecified atom stereocenters. The van der Waals surface area contributed by atoms with Gasteiger partial charge in [-0.2, -0.15) is 0 Å². The van der Waals surface area contributed by atoms with Gasteiger partial charge in [0.1, 0.15) is 0 Å². The fourth-order valence-corrected chi connectivity index (χ4v) is 3.97. The first-order chi connectivity index (χ1) is 13.9. The van der Waals surface area contributed by atoms with Crippen molar-refractivity contribution in [3.8, 4) is 11.1 Å². The third kappa shape index (κ3) is 5.20. The molecule has 0 saturated carbocycles. The molecule has 0 aliphatic carbocycles. The van der Waals surface area contributed by atoms with Crippen LogP contribution < -0.4 is 10.0 Å². The summed E-state index contributed by atoms with van der Waals surface area (Å²) in [5, 5.41) is 2.83. The molecule has 3 aromatic rings. The Kier molecular flexibility index (Phi) is 6.29. The zero-order valence-electron chi connectivity index (χ0n) is 16.3. The number of hydrogen-bond acceptors (Lipinski definition) is 4. The van der Waals surface area contributed by atoms with Gasteiger partial charge >= 0.3 is 0 Å². The summed E-state index contributed by atoms with van der Waals surface area (Å²) in [6, 6.07) is 15.6. The Hall–Kier alpha value is -3.19. The number of nitrogens with one attached hydrogen (secondary N) is 2. The molecule has 0 saturated heterocycles. The van der Waals surface area contributed by atoms with Crippen molar-refractivity contribution in [3.05, 3.63) is 72.6 Å². The molecule has 6 nitrogen and oxygen atoms in total. The lowest BCUT2D eigenvalue weighted by Gasteiger charge is -2.13. The third-order valence-corrected chi connectivity index (χ3v) is 5.75. The summed E-state index contributed by atoms with van der Waals surface area (Å²) in [7, 11) is -3.69. The average Bonchev–Trinajstić information content (AvgIpc) is 2.70. The molecule has 150 valence electrons. The van der Waals surface area contributed by atoms with Crippen molar-refractivity contribution in [2.75, 3.05) is 10.0 Å². The second kappa shape index (κ2) is 8.87. The summed E-state index contributed by atoms with van der Waals surface area (Å²) in [6.07, 6.45) is 4.47. The van der Waals surface area contributed by atoms with E-state index in [1.807, 2.05) is 32.0 Å². The van der Waals surface area contributed by atoms with Crippen molar-refractivity contribution < 1.29 is 13.2 Å². The first-order valence-corrected chi connectivity index (χ1v) is 10.8. The Bertz CT molecular complexity index is 1110. The minimum atomic E-state index is -3.69. The lowest BCUT2D eigenvalue weighted by molar-refractivity contribution is -0.116. The summed E-state index contributed by atoms with van der Waals surface area (Å²) >= 11 is 0. The highest BCUT2D eigenvalue weighted by Crippen LogP contribution is 2.28. The van der Waals surface area contributed by atoms with Gasteiger partial charge in [-0.25, -0.2) is 8.42 Å². The van der Waals surface area contributed by atoms with Gasteiger partial charge in [0, 0.05) is 18.2 Å². The van der Waals surface area contributed by atoms with E-state index in [-0.39, 0.29) is 10.8 Å². The normalized spacial score (nSPS) is 11.1. The maximum absolute atomic E-state index is 12.7. The molecule has 0 spiro atoms. The molecule has 0 aliphatic heterocycles. The molecule has 0 radical (unpaired) electrons. The zero-order valence-corrected chi connectivity index (χ0v) is 17.2. The van der Waals surface area contributed by atoms with Gasteiger partial charge < -0.3 is 5.32 Å². The zero-order chi connectivity index (χ0) is 20.9. The molecule has 0 atom stereocenters. The number of aromatic nitrogens is 1. The fourth-order valence-electron chi connectivity index (χ4n) is 2.83. The summed E-state index contributed by atoms with van der Waals surface area (Å²) in [4.78, 5) is 16.2. The number of benzene rings is 2. The Morgan fingerprint density at radius 3 is 2.48 bits per heavy atom. The molecule has 29 heavy (non-hydrogen) atoms. The lowest BCUT2D eigenvalue weighted by Crippen LogP contribution is -2.13. The maximum atomic E-state index is 12.7. The highest BCUT2D eigenvalue weighted by Gasteiger charge is 2.15. The number of aryl methyl sites for hydroxylation is 1. The number of amides is 1. The predicted octanol–water partition coefficient (Wildman–Crippen LogP) is 4.60. The molecule has 2 N–H and O–H groups in total. The van der Waals surface area contributed by atoms with E-state index in [2.05, 4.69) is 15.0 Å². The number of carbonyl (C=O) groups is 1. The quantitative estimate of drug-likeness (QED) is 0.597. The van der Waals surface area contributed by atoms with Gasteiger partial charge in [-0.1, -0.05) is 37.3 Å². The van der Waals surface area contributed by atoms with Gasteiger partial charge in [-0.15, -0.1) is 0 Å². The van der Waals surface area contributed by atoms with Crippen LogP contribution in [-0.4, -0.2) is 19.3 Å². The van der Waals surface area contributed by atoms with Crippen molar-refractivity contribution in [1.82, 2.24) is 4.98 Å². The summed E-state index contributed by atoms with van der Waals surface area (Å²) in [5.41, 5.74) is 3.47. The van der Waals surface area contributed by atoms with E-state index < -0.39 is 10.0 Å². The van der Waals surface area contributed by atoms with E-state index in [9.17, 15) is 13.2 Å². The van der Waals surface area contributed by atoms with E-state index in [1.165, 1.54) is 0 Å². The van der Waals surface area contributed by atoms with Crippen LogP contribution >= 0.6 is 0 Å². The monoisotopic (exact) mass is 409 g/mol. The van der Waals surface area contributed by atoms with E-state index in [4.69, 9.17) is 0 Å². The molecule has 0 fully saturated rings. The second-order valence-corrected chi connectivity index (χ2v) is 8.39. The van der Waals surface area contributed by atoms with Crippen molar-refractivity contribution in [1.29, 1.82) is 0 Å². The molecule has 7 heteroatoms. The largest absolute Gasteiger partial charge is 0.325 e. The van der Waals surface area contributed by atoms with Crippen LogP contribution in [0.15, 0.2) is 71.9 Å². The van der Waals surface area contributed by atoms with Gasteiger partial charge in [0.25, 0.3) is 10.0 Å². The number of sulfonamides is 1. The average molecular weight is 410 g/mol. The van der Waals surface area contributed by atoms with Gasteiger partial charge in [0.2, 0.25) is 5.91 Å². The highest BCUT2D eigenvalue weighted by atomic mass is 32.2. The molecule has 1 heterocycles. The topological polar surface area (TPSA) is 88.2 Å². The minimum Gasteiger partial charge on any atom is -0.325 e. The number of rotatable bonds is 7. The van der Waals surface area contributed by atoms with E-state index in [0.29, 0.717) is 17.8 Å². The Morgan fingerprint density at radius 2 is 1.76 bits per heavy atom. The second-order valence-electron chi connectivity index (χ2n) is 6.71. The Balaban J connectivity index is 1.89. The first kappa shape index (κ1) is 20.5.